The second kappa shape index (κ2) is 7.21. The first-order valence-corrected chi connectivity index (χ1v) is 7.13. The van der Waals surface area contributed by atoms with Crippen molar-refractivity contribution in [2.75, 3.05) is 25.6 Å². The minimum atomic E-state index is -0.165. The number of rotatable bonds is 6. The number of hydrazine groups is 1. The first-order chi connectivity index (χ1) is 9.70. The van der Waals surface area contributed by atoms with Crippen LogP contribution in [0, 0.1) is 0 Å². The fourth-order valence-corrected chi connectivity index (χ4v) is 2.61. The molecule has 1 heterocycles. The first kappa shape index (κ1) is 14.7. The number of amides is 1. The molecule has 0 unspecified atom stereocenters. The highest BCUT2D eigenvalue weighted by Crippen LogP contribution is 2.21. The fraction of sp³-hybridized carbons (Fsp3) is 0.571. The topological polar surface area (TPSA) is 83.3 Å². The van der Waals surface area contributed by atoms with Crippen LogP contribution < -0.4 is 16.6 Å². The Labute approximate surface area is 119 Å². The molecule has 1 aliphatic carbocycles. The zero-order chi connectivity index (χ0) is 14.4. The number of hydrogen-bond acceptors (Lipinski definition) is 5. The molecule has 0 radical (unpaired) electrons. The Morgan fingerprint density at radius 1 is 1.45 bits per heavy atom. The molecule has 6 heteroatoms. The van der Waals surface area contributed by atoms with Crippen molar-refractivity contribution in [3.8, 4) is 0 Å². The quantitative estimate of drug-likeness (QED) is 0.533. The van der Waals surface area contributed by atoms with Crippen molar-refractivity contribution in [1.29, 1.82) is 0 Å². The third-order valence-electron chi connectivity index (χ3n) is 3.83. The number of aromatic nitrogens is 1. The summed E-state index contributed by atoms with van der Waals surface area (Å²) in [6.07, 6.45) is 5.20. The lowest BCUT2D eigenvalue weighted by molar-refractivity contribution is 0.0942. The largest absolute Gasteiger partial charge is 0.349 e. The minimum absolute atomic E-state index is 0.165. The number of hydrogen-bond donors (Lipinski definition) is 3. The molecule has 6 nitrogen and oxygen atoms in total. The lowest BCUT2D eigenvalue weighted by Gasteiger charge is -2.23. The van der Waals surface area contributed by atoms with E-state index in [4.69, 9.17) is 5.84 Å². The zero-order valence-electron chi connectivity index (χ0n) is 11.9. The van der Waals surface area contributed by atoms with Gasteiger partial charge in [-0.3, -0.25) is 4.79 Å². The summed E-state index contributed by atoms with van der Waals surface area (Å²) in [5, 5.41) is 2.89. The molecule has 20 heavy (non-hydrogen) atoms. The molecule has 1 amide bonds. The Bertz CT molecular complexity index is 445. The van der Waals surface area contributed by atoms with Crippen molar-refractivity contribution in [3.05, 3.63) is 23.9 Å². The molecule has 0 spiro atoms. The first-order valence-electron chi connectivity index (χ1n) is 7.13. The molecule has 0 saturated heterocycles. The lowest BCUT2D eigenvalue weighted by Crippen LogP contribution is -2.37. The summed E-state index contributed by atoms with van der Waals surface area (Å²) in [5.41, 5.74) is 2.81. The van der Waals surface area contributed by atoms with Crippen LogP contribution in [0.25, 0.3) is 0 Å². The van der Waals surface area contributed by atoms with Crippen molar-refractivity contribution in [2.24, 2.45) is 5.84 Å². The molecule has 0 aliphatic heterocycles. The van der Waals surface area contributed by atoms with E-state index in [1.54, 1.807) is 18.2 Å². The van der Waals surface area contributed by atoms with E-state index in [1.165, 1.54) is 25.7 Å². The van der Waals surface area contributed by atoms with E-state index in [9.17, 15) is 4.79 Å². The number of pyridine rings is 1. The van der Waals surface area contributed by atoms with Crippen molar-refractivity contribution in [3.63, 3.8) is 0 Å². The molecule has 0 bridgehead atoms. The molecule has 110 valence electrons. The predicted molar refractivity (Wildman–Crippen MR) is 79.3 cm³/mol. The molecule has 1 saturated carbocycles. The van der Waals surface area contributed by atoms with Gasteiger partial charge in [-0.1, -0.05) is 18.9 Å². The van der Waals surface area contributed by atoms with Crippen LogP contribution in [0.15, 0.2) is 18.2 Å². The Morgan fingerprint density at radius 2 is 2.20 bits per heavy atom. The average molecular weight is 277 g/mol. The Balaban J connectivity index is 1.76. The van der Waals surface area contributed by atoms with Crippen LogP contribution in [0.4, 0.5) is 5.82 Å². The van der Waals surface area contributed by atoms with Crippen molar-refractivity contribution in [1.82, 2.24) is 15.2 Å². The number of likely N-dealkylation sites (N-methyl/N-ethyl adjacent to an activating group) is 1. The summed E-state index contributed by atoms with van der Waals surface area (Å²) in [6, 6.07) is 5.82. The van der Waals surface area contributed by atoms with Gasteiger partial charge in [-0.25, -0.2) is 10.8 Å². The van der Waals surface area contributed by atoms with E-state index in [0.29, 0.717) is 24.1 Å². The van der Waals surface area contributed by atoms with Crippen LogP contribution in [0.2, 0.25) is 0 Å². The van der Waals surface area contributed by atoms with E-state index < -0.39 is 0 Å². The lowest BCUT2D eigenvalue weighted by atomic mass is 10.2. The zero-order valence-corrected chi connectivity index (χ0v) is 11.9. The third-order valence-corrected chi connectivity index (χ3v) is 3.83. The number of anilines is 1. The van der Waals surface area contributed by atoms with Gasteiger partial charge in [0.1, 0.15) is 11.5 Å². The molecular formula is C14H23N5O. The monoisotopic (exact) mass is 277 g/mol. The molecule has 4 N–H and O–H groups in total. The van der Waals surface area contributed by atoms with E-state index in [1.807, 2.05) is 0 Å². The molecule has 1 aromatic heterocycles. The maximum absolute atomic E-state index is 12.0. The van der Waals surface area contributed by atoms with E-state index in [2.05, 4.69) is 27.7 Å². The summed E-state index contributed by atoms with van der Waals surface area (Å²) >= 11 is 0. The smallest absolute Gasteiger partial charge is 0.270 e. The number of nitrogen functional groups attached to an aromatic ring is 1. The van der Waals surface area contributed by atoms with Gasteiger partial charge in [-0.05, 0) is 32.0 Å². The molecule has 1 aliphatic rings. The summed E-state index contributed by atoms with van der Waals surface area (Å²) in [7, 11) is 2.12. The normalized spacial score (nSPS) is 15.6. The summed E-state index contributed by atoms with van der Waals surface area (Å²) < 4.78 is 0. The van der Waals surface area contributed by atoms with Gasteiger partial charge in [0.15, 0.2) is 0 Å². The second-order valence-corrected chi connectivity index (χ2v) is 5.23. The Hall–Kier alpha value is -1.66. The Kier molecular flexibility index (Phi) is 5.31. The second-order valence-electron chi connectivity index (χ2n) is 5.23. The highest BCUT2D eigenvalue weighted by atomic mass is 16.1. The van der Waals surface area contributed by atoms with Crippen molar-refractivity contribution < 1.29 is 4.79 Å². The molecule has 2 rings (SSSR count). The number of nitrogens with one attached hydrogen (secondary N) is 2. The van der Waals surface area contributed by atoms with Gasteiger partial charge in [-0.2, -0.15) is 0 Å². The molecular weight excluding hydrogens is 254 g/mol. The maximum Gasteiger partial charge on any atom is 0.270 e. The van der Waals surface area contributed by atoms with Gasteiger partial charge in [0, 0.05) is 19.1 Å². The van der Waals surface area contributed by atoms with Gasteiger partial charge in [0.05, 0.1) is 0 Å². The number of nitrogens with two attached hydrogens (primary N) is 1. The highest BCUT2D eigenvalue weighted by Gasteiger charge is 2.19. The SMILES string of the molecule is CN(CCNC(=O)c1cccc(NN)n1)C1CCCC1. The van der Waals surface area contributed by atoms with Crippen LogP contribution >= 0.6 is 0 Å². The molecule has 0 aromatic carbocycles. The van der Waals surface area contributed by atoms with Crippen LogP contribution in [-0.2, 0) is 0 Å². The number of carbonyl (C=O) groups excluding carboxylic acids is 1. The molecule has 1 fully saturated rings. The molecule has 0 atom stereocenters. The van der Waals surface area contributed by atoms with Gasteiger partial charge in [0.2, 0.25) is 0 Å². The van der Waals surface area contributed by atoms with Gasteiger partial charge < -0.3 is 15.6 Å². The summed E-state index contributed by atoms with van der Waals surface area (Å²) in [6.45, 7) is 1.50. The van der Waals surface area contributed by atoms with Crippen LogP contribution in [0.5, 0.6) is 0 Å². The van der Waals surface area contributed by atoms with Crippen molar-refractivity contribution in [2.45, 2.75) is 31.7 Å². The minimum Gasteiger partial charge on any atom is -0.349 e. The van der Waals surface area contributed by atoms with Crippen LogP contribution in [0.1, 0.15) is 36.2 Å². The van der Waals surface area contributed by atoms with E-state index >= 15 is 0 Å². The average Bonchev–Trinajstić information content (AvgIpc) is 3.01. The Morgan fingerprint density at radius 3 is 2.90 bits per heavy atom. The van der Waals surface area contributed by atoms with E-state index in [0.717, 1.165) is 6.54 Å². The van der Waals surface area contributed by atoms with Gasteiger partial charge in [-0.15, -0.1) is 0 Å². The summed E-state index contributed by atoms with van der Waals surface area (Å²) in [5.74, 6) is 5.60. The van der Waals surface area contributed by atoms with E-state index in [-0.39, 0.29) is 5.91 Å². The maximum atomic E-state index is 12.0. The standard InChI is InChI=1S/C14H23N5O/c1-19(11-5-2-3-6-11)10-9-16-14(20)12-7-4-8-13(17-12)18-15/h4,7-8,11H,2-3,5-6,9-10,15H2,1H3,(H,16,20)(H,17,18). The van der Waals surface area contributed by atoms with Crippen LogP contribution in [0.3, 0.4) is 0 Å². The number of carbonyl (C=O) groups is 1. The van der Waals surface area contributed by atoms with Gasteiger partial charge >= 0.3 is 0 Å². The van der Waals surface area contributed by atoms with Gasteiger partial charge in [0.25, 0.3) is 5.91 Å². The highest BCUT2D eigenvalue weighted by molar-refractivity contribution is 5.92. The predicted octanol–water partition coefficient (Wildman–Crippen LogP) is 0.971. The van der Waals surface area contributed by atoms with Crippen LogP contribution in [-0.4, -0.2) is 42.0 Å². The fourth-order valence-electron chi connectivity index (χ4n) is 2.61. The summed E-state index contributed by atoms with van der Waals surface area (Å²) in [4.78, 5) is 18.4. The molecule has 1 aromatic rings. The number of nitrogens with zero attached hydrogens (tertiary/aromatic N) is 2. The van der Waals surface area contributed by atoms with Crippen molar-refractivity contribution >= 4 is 11.7 Å². The third kappa shape index (κ3) is 3.91.